The number of hydrogen-bond donors (Lipinski definition) is 1. The third-order valence-corrected chi connectivity index (χ3v) is 4.71. The van der Waals surface area contributed by atoms with Gasteiger partial charge in [-0.05, 0) is 0 Å². The van der Waals surface area contributed by atoms with E-state index in [4.69, 9.17) is 4.74 Å². The zero-order valence-corrected chi connectivity index (χ0v) is 11.1. The second-order valence-corrected chi connectivity index (χ2v) is 6.78. The highest BCUT2D eigenvalue weighted by molar-refractivity contribution is 8.05. The van der Waals surface area contributed by atoms with Crippen molar-refractivity contribution >= 4 is 20.0 Å². The van der Waals surface area contributed by atoms with Crippen LogP contribution >= 0.6 is 0 Å². The standard InChI is InChI=1S/C7H12F3NO6S2/c1-2-16-3-4-17-5-6-18(12,13)11-19(14,15)7(8,9)10/h2,11H,1,3-6H2. The van der Waals surface area contributed by atoms with E-state index in [2.05, 4.69) is 11.3 Å². The largest absolute Gasteiger partial charge is 0.512 e. The van der Waals surface area contributed by atoms with Gasteiger partial charge in [-0.2, -0.15) is 13.2 Å². The fourth-order valence-corrected chi connectivity index (χ4v) is 3.10. The summed E-state index contributed by atoms with van der Waals surface area (Å²) in [6, 6.07) is 0. The Morgan fingerprint density at radius 3 is 2.16 bits per heavy atom. The highest BCUT2D eigenvalue weighted by atomic mass is 32.3. The summed E-state index contributed by atoms with van der Waals surface area (Å²) in [5.41, 5.74) is -5.70. The summed E-state index contributed by atoms with van der Waals surface area (Å²) < 4.78 is 88.9. The van der Waals surface area contributed by atoms with Crippen molar-refractivity contribution in [3.8, 4) is 0 Å². The summed E-state index contributed by atoms with van der Waals surface area (Å²) >= 11 is 0. The van der Waals surface area contributed by atoms with Crippen molar-refractivity contribution in [1.29, 1.82) is 0 Å². The van der Waals surface area contributed by atoms with Crippen molar-refractivity contribution in [3.05, 3.63) is 12.8 Å². The number of rotatable bonds is 9. The molecule has 0 amide bonds. The highest BCUT2D eigenvalue weighted by Crippen LogP contribution is 2.22. The molecule has 0 unspecified atom stereocenters. The predicted molar refractivity (Wildman–Crippen MR) is 58.9 cm³/mol. The molecule has 114 valence electrons. The number of nitrogens with one attached hydrogen (secondary N) is 1. The summed E-state index contributed by atoms with van der Waals surface area (Å²) in [7, 11) is -10.6. The molecule has 12 heteroatoms. The molecular weight excluding hydrogens is 315 g/mol. The summed E-state index contributed by atoms with van der Waals surface area (Å²) in [5.74, 6) is -0.934. The van der Waals surface area contributed by atoms with Gasteiger partial charge < -0.3 is 9.47 Å². The van der Waals surface area contributed by atoms with Gasteiger partial charge in [0.2, 0.25) is 10.0 Å². The molecule has 7 nitrogen and oxygen atoms in total. The van der Waals surface area contributed by atoms with Crippen LogP contribution in [0.4, 0.5) is 13.2 Å². The quantitative estimate of drug-likeness (QED) is 0.470. The van der Waals surface area contributed by atoms with E-state index in [9.17, 15) is 30.0 Å². The summed E-state index contributed by atoms with van der Waals surface area (Å²) in [6.07, 6.45) is 1.12. The number of alkyl halides is 3. The van der Waals surface area contributed by atoms with Crippen molar-refractivity contribution in [1.82, 2.24) is 4.13 Å². The van der Waals surface area contributed by atoms with Gasteiger partial charge in [0.25, 0.3) is 0 Å². The molecule has 0 bridgehead atoms. The molecule has 1 N–H and O–H groups in total. The molecule has 0 atom stereocenters. The van der Waals surface area contributed by atoms with Crippen LogP contribution in [-0.4, -0.2) is 47.9 Å². The van der Waals surface area contributed by atoms with E-state index in [1.165, 1.54) is 0 Å². The average molecular weight is 327 g/mol. The molecule has 0 aliphatic heterocycles. The first-order chi connectivity index (χ1) is 8.52. The minimum absolute atomic E-state index is 0.0203. The van der Waals surface area contributed by atoms with E-state index in [-0.39, 0.29) is 13.2 Å². The first-order valence-corrected chi connectivity index (χ1v) is 7.78. The second kappa shape index (κ2) is 7.07. The average Bonchev–Trinajstić information content (AvgIpc) is 2.20. The topological polar surface area (TPSA) is 98.8 Å². The SMILES string of the molecule is C=COCCOCCS(=O)(=O)NS(=O)(=O)C(F)(F)F. The molecule has 0 radical (unpaired) electrons. The van der Waals surface area contributed by atoms with E-state index in [1.807, 2.05) is 0 Å². The van der Waals surface area contributed by atoms with Crippen LogP contribution < -0.4 is 4.13 Å². The van der Waals surface area contributed by atoms with E-state index >= 15 is 0 Å². The lowest BCUT2D eigenvalue weighted by molar-refractivity contribution is -0.0441. The molecule has 0 saturated heterocycles. The molecule has 0 saturated carbocycles. The molecule has 0 heterocycles. The van der Waals surface area contributed by atoms with Crippen LogP contribution in [0.3, 0.4) is 0 Å². The van der Waals surface area contributed by atoms with E-state index in [0.717, 1.165) is 6.26 Å². The van der Waals surface area contributed by atoms with Gasteiger partial charge in [0.15, 0.2) is 0 Å². The third-order valence-electron chi connectivity index (χ3n) is 1.50. The molecule has 0 aliphatic carbocycles. The van der Waals surface area contributed by atoms with Crippen LogP contribution in [0.25, 0.3) is 0 Å². The van der Waals surface area contributed by atoms with Crippen LogP contribution in [0.1, 0.15) is 0 Å². The Hall–Kier alpha value is -0.850. The van der Waals surface area contributed by atoms with E-state index in [0.29, 0.717) is 4.13 Å². The maximum absolute atomic E-state index is 11.9. The van der Waals surface area contributed by atoms with Gasteiger partial charge in [0, 0.05) is 0 Å². The minimum atomic E-state index is -5.94. The molecule has 0 aromatic heterocycles. The van der Waals surface area contributed by atoms with Crippen LogP contribution in [-0.2, 0) is 29.5 Å². The minimum Gasteiger partial charge on any atom is -0.499 e. The first kappa shape index (κ1) is 18.1. The van der Waals surface area contributed by atoms with Crippen LogP contribution in [0.5, 0.6) is 0 Å². The predicted octanol–water partition coefficient (Wildman–Crippen LogP) is -0.0679. The van der Waals surface area contributed by atoms with Crippen LogP contribution in [0.15, 0.2) is 12.8 Å². The van der Waals surface area contributed by atoms with Gasteiger partial charge in [-0.3, -0.25) is 0 Å². The Balaban J connectivity index is 4.25. The number of hydrogen-bond acceptors (Lipinski definition) is 6. The monoisotopic (exact) mass is 327 g/mol. The zero-order chi connectivity index (χ0) is 15.2. The Kier molecular flexibility index (Phi) is 6.76. The number of halogens is 3. The third kappa shape index (κ3) is 7.34. The molecule has 19 heavy (non-hydrogen) atoms. The molecule has 0 aromatic rings. The number of ether oxygens (including phenoxy) is 2. The number of sulfonamides is 2. The molecule has 0 spiro atoms. The van der Waals surface area contributed by atoms with Gasteiger partial charge in [-0.1, -0.05) is 6.58 Å². The lowest BCUT2D eigenvalue weighted by Gasteiger charge is -2.10. The van der Waals surface area contributed by atoms with Crippen molar-refractivity contribution in [2.75, 3.05) is 25.6 Å². The highest BCUT2D eigenvalue weighted by Gasteiger charge is 2.48. The lowest BCUT2D eigenvalue weighted by Crippen LogP contribution is -2.41. The fraction of sp³-hybridized carbons (Fsp3) is 0.714. The Morgan fingerprint density at radius 1 is 1.11 bits per heavy atom. The van der Waals surface area contributed by atoms with E-state index < -0.39 is 37.9 Å². The van der Waals surface area contributed by atoms with E-state index in [1.54, 1.807) is 0 Å². The fourth-order valence-electron chi connectivity index (χ4n) is 0.717. The normalized spacial score (nSPS) is 13.2. The van der Waals surface area contributed by atoms with Crippen molar-refractivity contribution in [3.63, 3.8) is 0 Å². The van der Waals surface area contributed by atoms with Gasteiger partial charge in [-0.25, -0.2) is 16.8 Å². The van der Waals surface area contributed by atoms with Gasteiger partial charge in [0.1, 0.15) is 6.61 Å². The van der Waals surface area contributed by atoms with Crippen molar-refractivity contribution < 1.29 is 39.5 Å². The molecule has 0 fully saturated rings. The van der Waals surface area contributed by atoms with Crippen LogP contribution in [0, 0.1) is 0 Å². The molecule has 0 aliphatic rings. The Morgan fingerprint density at radius 2 is 1.68 bits per heavy atom. The maximum Gasteiger partial charge on any atom is 0.512 e. The van der Waals surface area contributed by atoms with Crippen molar-refractivity contribution in [2.45, 2.75) is 5.51 Å². The molecule has 0 aromatic carbocycles. The molecular formula is C7H12F3NO6S2. The van der Waals surface area contributed by atoms with Gasteiger partial charge >= 0.3 is 15.5 Å². The Labute approximate surface area is 108 Å². The zero-order valence-electron chi connectivity index (χ0n) is 9.51. The van der Waals surface area contributed by atoms with Crippen molar-refractivity contribution in [2.24, 2.45) is 0 Å². The summed E-state index contributed by atoms with van der Waals surface area (Å²) in [4.78, 5) is 0. The summed E-state index contributed by atoms with van der Waals surface area (Å²) in [6.45, 7) is 2.80. The Bertz CT molecular complexity index is 483. The van der Waals surface area contributed by atoms with Crippen LogP contribution in [0.2, 0.25) is 0 Å². The smallest absolute Gasteiger partial charge is 0.499 e. The first-order valence-electron chi connectivity index (χ1n) is 4.64. The van der Waals surface area contributed by atoms with Gasteiger partial charge in [-0.15, -0.1) is 4.13 Å². The molecule has 0 rings (SSSR count). The maximum atomic E-state index is 11.9. The second-order valence-electron chi connectivity index (χ2n) is 3.00. The summed E-state index contributed by atoms with van der Waals surface area (Å²) in [5, 5.41) is 0. The lowest BCUT2D eigenvalue weighted by atomic mass is 10.7. The van der Waals surface area contributed by atoms with Gasteiger partial charge in [0.05, 0.1) is 25.2 Å².